The first kappa shape index (κ1) is 27.5. The van der Waals surface area contributed by atoms with Gasteiger partial charge in [0.25, 0.3) is 5.56 Å². The molecule has 5 rings (SSSR count). The highest BCUT2D eigenvalue weighted by molar-refractivity contribution is 5.76. The number of benzene rings is 2. The number of halogens is 3. The molecule has 0 saturated carbocycles. The fourth-order valence-corrected chi connectivity index (χ4v) is 5.49. The van der Waals surface area contributed by atoms with E-state index in [1.807, 2.05) is 4.90 Å². The van der Waals surface area contributed by atoms with Crippen LogP contribution in [-0.2, 0) is 23.8 Å². The van der Waals surface area contributed by atoms with Crippen molar-refractivity contribution in [3.63, 3.8) is 0 Å². The van der Waals surface area contributed by atoms with Crippen molar-refractivity contribution in [2.75, 3.05) is 32.2 Å². The molecule has 0 radical (unpaired) electrons. The molecular formula is C29H31F3N4O4. The second-order valence-electron chi connectivity index (χ2n) is 10.0. The summed E-state index contributed by atoms with van der Waals surface area (Å²) in [5.41, 5.74) is 0.894. The molecule has 1 aliphatic carbocycles. The van der Waals surface area contributed by atoms with Gasteiger partial charge >= 0.3 is 6.18 Å². The number of aromatic nitrogens is 2. The third kappa shape index (κ3) is 5.24. The Labute approximate surface area is 229 Å². The molecule has 1 amide bonds. The van der Waals surface area contributed by atoms with E-state index in [4.69, 9.17) is 9.47 Å². The van der Waals surface area contributed by atoms with Gasteiger partial charge in [0.15, 0.2) is 0 Å². The van der Waals surface area contributed by atoms with E-state index < -0.39 is 17.3 Å². The van der Waals surface area contributed by atoms with Gasteiger partial charge in [-0.25, -0.2) is 0 Å². The van der Waals surface area contributed by atoms with Crippen LogP contribution in [0.4, 0.5) is 18.9 Å². The molecule has 1 N–H and O–H groups in total. The number of carbonyl (C=O) groups excluding carboxylic acids is 1. The molecule has 3 aromatic rings. The van der Waals surface area contributed by atoms with Gasteiger partial charge in [0, 0.05) is 48.4 Å². The Kier molecular flexibility index (Phi) is 7.48. The van der Waals surface area contributed by atoms with E-state index in [-0.39, 0.29) is 17.6 Å². The molecule has 1 aliphatic heterocycles. The Balaban J connectivity index is 1.65. The molecule has 40 heavy (non-hydrogen) atoms. The highest BCUT2D eigenvalue weighted by Gasteiger charge is 2.36. The lowest BCUT2D eigenvalue weighted by molar-refractivity contribution is -0.137. The molecule has 2 aliphatic rings. The maximum atomic E-state index is 14.3. The fraction of sp³-hybridized carbons (Fsp3) is 0.414. The minimum absolute atomic E-state index is 0.0736. The first-order valence-electron chi connectivity index (χ1n) is 13.3. The predicted molar refractivity (Wildman–Crippen MR) is 144 cm³/mol. The van der Waals surface area contributed by atoms with Crippen LogP contribution in [-0.4, -0.2) is 49.0 Å². The minimum Gasteiger partial charge on any atom is -0.497 e. The zero-order valence-corrected chi connectivity index (χ0v) is 22.6. The van der Waals surface area contributed by atoms with Gasteiger partial charge in [-0.05, 0) is 61.6 Å². The van der Waals surface area contributed by atoms with Crippen LogP contribution in [0.1, 0.15) is 42.9 Å². The molecule has 212 valence electrons. The summed E-state index contributed by atoms with van der Waals surface area (Å²) in [6, 6.07) is 8.83. The number of alkyl halides is 3. The molecular weight excluding hydrogens is 525 g/mol. The van der Waals surface area contributed by atoms with Crippen LogP contribution in [0.25, 0.3) is 16.9 Å². The van der Waals surface area contributed by atoms with Gasteiger partial charge in [0.2, 0.25) is 5.91 Å². The van der Waals surface area contributed by atoms with E-state index >= 15 is 0 Å². The van der Waals surface area contributed by atoms with Crippen LogP contribution in [0, 0.1) is 0 Å². The lowest BCUT2D eigenvalue weighted by Crippen LogP contribution is -2.36. The van der Waals surface area contributed by atoms with Gasteiger partial charge in [0.05, 0.1) is 31.2 Å². The Bertz CT molecular complexity index is 1480. The van der Waals surface area contributed by atoms with E-state index in [1.54, 1.807) is 25.1 Å². The summed E-state index contributed by atoms with van der Waals surface area (Å²) < 4.78 is 54.5. The summed E-state index contributed by atoms with van der Waals surface area (Å²) in [4.78, 5) is 27.4. The molecule has 2 heterocycles. The molecule has 1 aromatic heterocycles. The van der Waals surface area contributed by atoms with Gasteiger partial charge < -0.3 is 19.7 Å². The second-order valence-corrected chi connectivity index (χ2v) is 10.0. The molecule has 1 fully saturated rings. The lowest BCUT2D eigenvalue weighted by Gasteiger charge is -2.23. The minimum atomic E-state index is -4.71. The number of anilines is 1. The monoisotopic (exact) mass is 556 g/mol. The average molecular weight is 557 g/mol. The van der Waals surface area contributed by atoms with Crippen molar-refractivity contribution in [1.29, 1.82) is 0 Å². The van der Waals surface area contributed by atoms with Crippen molar-refractivity contribution in [2.24, 2.45) is 0 Å². The number of hydrogen-bond donors (Lipinski definition) is 1. The van der Waals surface area contributed by atoms with E-state index in [2.05, 4.69) is 10.4 Å². The molecule has 8 nitrogen and oxygen atoms in total. The lowest BCUT2D eigenvalue weighted by atomic mass is 10.0. The van der Waals surface area contributed by atoms with E-state index in [0.29, 0.717) is 79.2 Å². The van der Waals surface area contributed by atoms with Crippen molar-refractivity contribution >= 4 is 11.6 Å². The normalized spacial score (nSPS) is 16.6. The smallest absolute Gasteiger partial charge is 0.418 e. The summed E-state index contributed by atoms with van der Waals surface area (Å²) >= 11 is 0. The van der Waals surface area contributed by atoms with E-state index in [0.717, 1.165) is 16.3 Å². The summed E-state index contributed by atoms with van der Waals surface area (Å²) in [5.74, 6) is 0.922. The Hall–Kier alpha value is -4.02. The number of amides is 1. The highest BCUT2D eigenvalue weighted by Crippen LogP contribution is 2.38. The van der Waals surface area contributed by atoms with E-state index in [1.165, 1.54) is 26.4 Å². The number of nitrogens with zero attached hydrogens (tertiary/aromatic N) is 3. The molecule has 2 aromatic carbocycles. The molecule has 1 saturated heterocycles. The maximum absolute atomic E-state index is 14.3. The predicted octanol–water partition coefficient (Wildman–Crippen LogP) is 4.53. The molecule has 11 heteroatoms. The Morgan fingerprint density at radius 1 is 1.07 bits per heavy atom. The summed E-state index contributed by atoms with van der Waals surface area (Å²) in [7, 11) is 3.02. The van der Waals surface area contributed by atoms with Gasteiger partial charge in [-0.3, -0.25) is 9.59 Å². The standard InChI is InChI=1S/C29H31F3N4O4/c1-4-26(37)33-18-10-11-35(16-18)19-8-9-24(29(30,31)32)25(14-19)36-28(38)23-7-5-6-22(23)27(34-36)17-12-20(39-2)15-21(13-17)40-3/h8-9,12-15,18H,4-7,10-11,16H2,1-3H3,(H,33,37)/t18-/m1/s1. The van der Waals surface area contributed by atoms with Crippen molar-refractivity contribution < 1.29 is 27.4 Å². The zero-order chi connectivity index (χ0) is 28.6. The van der Waals surface area contributed by atoms with Gasteiger partial charge in [-0.1, -0.05) is 6.92 Å². The van der Waals surface area contributed by atoms with Crippen LogP contribution in [0.2, 0.25) is 0 Å². The fourth-order valence-electron chi connectivity index (χ4n) is 5.49. The second kappa shape index (κ2) is 10.9. The van der Waals surface area contributed by atoms with Crippen LogP contribution in [0.5, 0.6) is 11.5 Å². The first-order chi connectivity index (χ1) is 19.1. The van der Waals surface area contributed by atoms with Crippen LogP contribution in [0.15, 0.2) is 41.2 Å². The van der Waals surface area contributed by atoms with Crippen LogP contribution in [0.3, 0.4) is 0 Å². The number of methoxy groups -OCH3 is 2. The number of ether oxygens (including phenoxy) is 2. The van der Waals surface area contributed by atoms with Crippen molar-refractivity contribution in [1.82, 2.24) is 15.1 Å². The van der Waals surface area contributed by atoms with Crippen molar-refractivity contribution in [3.8, 4) is 28.4 Å². The van der Waals surface area contributed by atoms with Gasteiger partial charge in [-0.15, -0.1) is 0 Å². The third-order valence-corrected chi connectivity index (χ3v) is 7.53. The highest BCUT2D eigenvalue weighted by atomic mass is 19.4. The molecule has 1 atom stereocenters. The van der Waals surface area contributed by atoms with Crippen molar-refractivity contribution in [3.05, 3.63) is 63.4 Å². The maximum Gasteiger partial charge on any atom is 0.418 e. The molecule has 0 unspecified atom stereocenters. The number of rotatable bonds is 7. The van der Waals surface area contributed by atoms with Crippen molar-refractivity contribution in [2.45, 2.75) is 51.2 Å². The summed E-state index contributed by atoms with van der Waals surface area (Å²) in [6.45, 7) is 2.78. The number of nitrogens with one attached hydrogen (secondary N) is 1. The number of carbonyl (C=O) groups is 1. The quantitative estimate of drug-likeness (QED) is 0.461. The Morgan fingerprint density at radius 2 is 1.77 bits per heavy atom. The average Bonchev–Trinajstić information content (AvgIpc) is 3.62. The van der Waals surface area contributed by atoms with Gasteiger partial charge in [-0.2, -0.15) is 23.0 Å². The Morgan fingerprint density at radius 3 is 2.42 bits per heavy atom. The van der Waals surface area contributed by atoms with Crippen LogP contribution < -0.4 is 25.2 Å². The van der Waals surface area contributed by atoms with E-state index in [9.17, 15) is 22.8 Å². The number of hydrogen-bond acceptors (Lipinski definition) is 6. The van der Waals surface area contributed by atoms with Crippen LogP contribution >= 0.6 is 0 Å². The molecule has 0 spiro atoms. The number of fused-ring (bicyclic) bond motifs is 1. The third-order valence-electron chi connectivity index (χ3n) is 7.53. The topological polar surface area (TPSA) is 85.7 Å². The van der Waals surface area contributed by atoms with Gasteiger partial charge in [0.1, 0.15) is 11.5 Å². The largest absolute Gasteiger partial charge is 0.497 e. The summed E-state index contributed by atoms with van der Waals surface area (Å²) in [5, 5.41) is 7.50. The molecule has 0 bridgehead atoms. The SMILES string of the molecule is CCC(=O)N[C@@H]1CCN(c2ccc(C(F)(F)F)c(-n3nc(-c4cc(OC)cc(OC)c4)c4c(c3=O)CCC4)c2)C1. The first-order valence-corrected chi connectivity index (χ1v) is 13.3. The summed E-state index contributed by atoms with van der Waals surface area (Å²) in [6.07, 6.45) is -1.93. The zero-order valence-electron chi connectivity index (χ0n) is 22.6.